The molecule has 2 N–H and O–H groups in total. The van der Waals surface area contributed by atoms with E-state index in [1.54, 1.807) is 11.4 Å². The molecule has 1 amide bonds. The fourth-order valence-corrected chi connectivity index (χ4v) is 2.48. The van der Waals surface area contributed by atoms with Crippen molar-refractivity contribution < 1.29 is 15.0 Å². The van der Waals surface area contributed by atoms with E-state index in [2.05, 4.69) is 10.1 Å². The van der Waals surface area contributed by atoms with Gasteiger partial charge >= 0.3 is 0 Å². The first-order valence-corrected chi connectivity index (χ1v) is 6.45. The molecule has 0 saturated carbocycles. The third-order valence-corrected chi connectivity index (χ3v) is 3.62. The van der Waals surface area contributed by atoms with Crippen LogP contribution >= 0.6 is 0 Å². The second kappa shape index (κ2) is 4.53. The van der Waals surface area contributed by atoms with Gasteiger partial charge in [0.05, 0.1) is 29.2 Å². The van der Waals surface area contributed by atoms with Gasteiger partial charge in [-0.25, -0.2) is 9.50 Å². The SMILES string of the molecule is Cc1cc2ncc(C(=O)N3CC(O)C(O)C3)c(C)n2n1. The van der Waals surface area contributed by atoms with E-state index in [4.69, 9.17) is 0 Å². The molecular weight excluding hydrogens is 260 g/mol. The van der Waals surface area contributed by atoms with Gasteiger partial charge in [0, 0.05) is 25.4 Å². The van der Waals surface area contributed by atoms with Crippen LogP contribution in [0, 0.1) is 13.8 Å². The molecule has 1 fully saturated rings. The minimum absolute atomic E-state index is 0.135. The minimum Gasteiger partial charge on any atom is -0.388 e. The average Bonchev–Trinajstić information content (AvgIpc) is 2.93. The van der Waals surface area contributed by atoms with Crippen LogP contribution in [0.25, 0.3) is 5.65 Å². The number of aromatic nitrogens is 3. The van der Waals surface area contributed by atoms with Gasteiger partial charge < -0.3 is 15.1 Å². The van der Waals surface area contributed by atoms with Crippen LogP contribution in [0.5, 0.6) is 0 Å². The second-order valence-corrected chi connectivity index (χ2v) is 5.16. The summed E-state index contributed by atoms with van der Waals surface area (Å²) in [5.41, 5.74) is 2.65. The Hall–Kier alpha value is -1.99. The van der Waals surface area contributed by atoms with E-state index >= 15 is 0 Å². The van der Waals surface area contributed by atoms with Crippen molar-refractivity contribution in [1.29, 1.82) is 0 Å². The van der Waals surface area contributed by atoms with Crippen molar-refractivity contribution in [1.82, 2.24) is 19.5 Å². The molecule has 20 heavy (non-hydrogen) atoms. The van der Waals surface area contributed by atoms with E-state index in [9.17, 15) is 15.0 Å². The van der Waals surface area contributed by atoms with E-state index in [1.807, 2.05) is 13.0 Å². The Morgan fingerprint density at radius 2 is 1.95 bits per heavy atom. The first-order chi connectivity index (χ1) is 9.47. The lowest BCUT2D eigenvalue weighted by molar-refractivity contribution is 0.0572. The number of aryl methyl sites for hydroxylation is 2. The summed E-state index contributed by atoms with van der Waals surface area (Å²) in [5, 5.41) is 23.4. The maximum absolute atomic E-state index is 12.4. The van der Waals surface area contributed by atoms with Crippen LogP contribution in [-0.2, 0) is 0 Å². The first-order valence-electron chi connectivity index (χ1n) is 6.45. The minimum atomic E-state index is -0.886. The van der Waals surface area contributed by atoms with Crippen LogP contribution in [0.3, 0.4) is 0 Å². The fraction of sp³-hybridized carbons (Fsp3) is 0.462. The normalized spacial score (nSPS) is 22.7. The smallest absolute Gasteiger partial charge is 0.257 e. The number of hydrogen-bond donors (Lipinski definition) is 2. The Balaban J connectivity index is 1.98. The van der Waals surface area contributed by atoms with Crippen LogP contribution in [0.4, 0.5) is 0 Å². The number of carbonyl (C=O) groups is 1. The first kappa shape index (κ1) is 13.0. The predicted molar refractivity (Wildman–Crippen MR) is 70.4 cm³/mol. The maximum Gasteiger partial charge on any atom is 0.257 e. The third-order valence-electron chi connectivity index (χ3n) is 3.62. The maximum atomic E-state index is 12.4. The van der Waals surface area contributed by atoms with Crippen LogP contribution in [-0.4, -0.2) is 60.9 Å². The summed E-state index contributed by atoms with van der Waals surface area (Å²) in [6, 6.07) is 1.84. The largest absolute Gasteiger partial charge is 0.388 e. The van der Waals surface area contributed by atoms with Crippen LogP contribution < -0.4 is 0 Å². The van der Waals surface area contributed by atoms with E-state index in [0.29, 0.717) is 16.9 Å². The molecule has 7 nitrogen and oxygen atoms in total. The number of rotatable bonds is 1. The highest BCUT2D eigenvalue weighted by Crippen LogP contribution is 2.17. The van der Waals surface area contributed by atoms with Crippen molar-refractivity contribution in [2.45, 2.75) is 26.1 Å². The molecule has 1 aliphatic rings. The monoisotopic (exact) mass is 276 g/mol. The van der Waals surface area contributed by atoms with Crippen molar-refractivity contribution in [3.8, 4) is 0 Å². The molecule has 3 heterocycles. The van der Waals surface area contributed by atoms with Crippen molar-refractivity contribution >= 4 is 11.6 Å². The zero-order valence-corrected chi connectivity index (χ0v) is 11.3. The van der Waals surface area contributed by atoms with Gasteiger partial charge in [0.1, 0.15) is 0 Å². The Morgan fingerprint density at radius 1 is 1.30 bits per heavy atom. The van der Waals surface area contributed by atoms with E-state index in [0.717, 1.165) is 5.69 Å². The highest BCUT2D eigenvalue weighted by molar-refractivity contribution is 5.95. The summed E-state index contributed by atoms with van der Waals surface area (Å²) >= 11 is 0. The molecule has 2 atom stereocenters. The van der Waals surface area contributed by atoms with Gasteiger partial charge in [-0.2, -0.15) is 5.10 Å². The molecule has 3 rings (SSSR count). The fourth-order valence-electron chi connectivity index (χ4n) is 2.48. The second-order valence-electron chi connectivity index (χ2n) is 5.16. The lowest BCUT2D eigenvalue weighted by atomic mass is 10.2. The third kappa shape index (κ3) is 1.95. The number of hydrogen-bond acceptors (Lipinski definition) is 5. The van der Waals surface area contributed by atoms with Gasteiger partial charge in [-0.1, -0.05) is 0 Å². The van der Waals surface area contributed by atoms with Gasteiger partial charge in [-0.3, -0.25) is 4.79 Å². The van der Waals surface area contributed by atoms with Crippen molar-refractivity contribution in [3.63, 3.8) is 0 Å². The molecule has 1 saturated heterocycles. The summed E-state index contributed by atoms with van der Waals surface area (Å²) < 4.78 is 1.63. The van der Waals surface area contributed by atoms with Gasteiger partial charge in [-0.15, -0.1) is 0 Å². The molecule has 106 valence electrons. The molecule has 0 aromatic carbocycles. The molecule has 0 spiro atoms. The number of amides is 1. The van der Waals surface area contributed by atoms with Crippen LogP contribution in [0.1, 0.15) is 21.7 Å². The molecule has 7 heteroatoms. The molecule has 2 aromatic heterocycles. The number of β-amino-alcohol motifs (C(OH)–C–C–N with tert-alkyl or cyclic N) is 2. The summed E-state index contributed by atoms with van der Waals surface area (Å²) in [4.78, 5) is 18.1. The molecule has 2 unspecified atom stereocenters. The number of nitrogens with zero attached hydrogens (tertiary/aromatic N) is 4. The Labute approximate surface area is 115 Å². The van der Waals surface area contributed by atoms with Crippen molar-refractivity contribution in [3.05, 3.63) is 29.2 Å². The predicted octanol–water partition coefficient (Wildman–Crippen LogP) is -0.476. The number of likely N-dealkylation sites (tertiary alicyclic amines) is 1. The van der Waals surface area contributed by atoms with Gasteiger partial charge in [0.15, 0.2) is 5.65 Å². The van der Waals surface area contributed by atoms with Crippen LogP contribution in [0.2, 0.25) is 0 Å². The van der Waals surface area contributed by atoms with E-state index < -0.39 is 12.2 Å². The Bertz CT molecular complexity index is 672. The van der Waals surface area contributed by atoms with E-state index in [1.165, 1.54) is 11.1 Å². The summed E-state index contributed by atoms with van der Waals surface area (Å²) in [7, 11) is 0. The van der Waals surface area contributed by atoms with Crippen molar-refractivity contribution in [2.75, 3.05) is 13.1 Å². The van der Waals surface area contributed by atoms with Crippen molar-refractivity contribution in [2.24, 2.45) is 0 Å². The zero-order valence-electron chi connectivity index (χ0n) is 11.3. The lowest BCUT2D eigenvalue weighted by Gasteiger charge is -2.16. The van der Waals surface area contributed by atoms with E-state index in [-0.39, 0.29) is 19.0 Å². The summed E-state index contributed by atoms with van der Waals surface area (Å²) in [5.74, 6) is -0.249. The molecular formula is C13H16N4O3. The number of aliphatic hydroxyl groups excluding tert-OH is 2. The molecule has 0 aliphatic carbocycles. The molecule has 1 aliphatic heterocycles. The summed E-state index contributed by atoms with van der Waals surface area (Å²) in [6.07, 6.45) is -0.253. The van der Waals surface area contributed by atoms with Crippen LogP contribution in [0.15, 0.2) is 12.3 Å². The summed E-state index contributed by atoms with van der Waals surface area (Å²) in [6.45, 7) is 3.94. The number of aliphatic hydroxyl groups is 2. The zero-order chi connectivity index (χ0) is 14.4. The highest BCUT2D eigenvalue weighted by atomic mass is 16.3. The molecule has 2 aromatic rings. The topological polar surface area (TPSA) is 91.0 Å². The standard InChI is InChI=1S/C13H16N4O3/c1-7-3-12-14-4-9(8(2)17(12)15-7)13(20)16-5-10(18)11(19)6-16/h3-4,10-11,18-19H,5-6H2,1-2H3. The quantitative estimate of drug-likeness (QED) is 0.734. The van der Waals surface area contributed by atoms with Gasteiger partial charge in [-0.05, 0) is 13.8 Å². The Morgan fingerprint density at radius 3 is 2.60 bits per heavy atom. The Kier molecular flexibility index (Phi) is 2.95. The highest BCUT2D eigenvalue weighted by Gasteiger charge is 2.33. The number of carbonyl (C=O) groups excluding carboxylic acids is 1. The average molecular weight is 276 g/mol. The van der Waals surface area contributed by atoms with Gasteiger partial charge in [0.2, 0.25) is 0 Å². The van der Waals surface area contributed by atoms with Gasteiger partial charge in [0.25, 0.3) is 5.91 Å². The molecule has 0 bridgehead atoms. The molecule has 0 radical (unpaired) electrons. The lowest BCUT2D eigenvalue weighted by Crippen LogP contribution is -2.31. The number of fused-ring (bicyclic) bond motifs is 1.